The monoisotopic (exact) mass is 348 g/mol. The van der Waals surface area contributed by atoms with Crippen molar-refractivity contribution in [3.63, 3.8) is 0 Å². The fourth-order valence-electron chi connectivity index (χ4n) is 2.82. The zero-order valence-electron chi connectivity index (χ0n) is 13.5. The van der Waals surface area contributed by atoms with Crippen LogP contribution in [0, 0.1) is 6.92 Å². The molecule has 0 fully saturated rings. The van der Waals surface area contributed by atoms with E-state index in [1.165, 1.54) is 16.1 Å². The van der Waals surface area contributed by atoms with E-state index in [-0.39, 0.29) is 0 Å². The molecule has 122 valence electrons. The number of nitrogens with zero attached hydrogens (tertiary/aromatic N) is 8. The number of hydrogen-bond donors (Lipinski definition) is 0. The molecule has 0 aliphatic heterocycles. The van der Waals surface area contributed by atoms with E-state index in [1.807, 2.05) is 37.3 Å². The average molecular weight is 348 g/mol. The molecule has 0 aromatic carbocycles. The fourth-order valence-corrected chi connectivity index (χ4v) is 3.43. The molecule has 5 aromatic heterocycles. The molecule has 0 aliphatic carbocycles. The summed E-state index contributed by atoms with van der Waals surface area (Å²) in [6, 6.07) is 9.71. The summed E-state index contributed by atoms with van der Waals surface area (Å²) in [6.45, 7) is 1.96. The molecule has 9 heteroatoms. The van der Waals surface area contributed by atoms with Crippen LogP contribution in [0.25, 0.3) is 38.9 Å². The molecule has 0 bridgehead atoms. The first-order valence-corrected chi connectivity index (χ1v) is 8.52. The summed E-state index contributed by atoms with van der Waals surface area (Å²) in [5, 5.41) is 13.0. The van der Waals surface area contributed by atoms with Crippen LogP contribution in [0.4, 0.5) is 0 Å². The molecule has 0 atom stereocenters. The lowest BCUT2D eigenvalue weighted by molar-refractivity contribution is 0.663. The fraction of sp³-hybridized carbons (Fsp3) is 0.125. The highest BCUT2D eigenvalue weighted by molar-refractivity contribution is 7.14. The molecule has 8 nitrogen and oxygen atoms in total. The van der Waals surface area contributed by atoms with Crippen LogP contribution < -0.4 is 0 Å². The van der Waals surface area contributed by atoms with Crippen LogP contribution in [0.1, 0.15) is 5.69 Å². The Labute approximate surface area is 145 Å². The lowest BCUT2D eigenvalue weighted by atomic mass is 10.1. The topological polar surface area (TPSA) is 86.7 Å². The maximum atomic E-state index is 4.72. The van der Waals surface area contributed by atoms with Crippen LogP contribution in [0.15, 0.2) is 35.8 Å². The van der Waals surface area contributed by atoms with E-state index in [4.69, 9.17) is 4.98 Å². The second-order valence-corrected chi connectivity index (χ2v) is 6.45. The number of fused-ring (bicyclic) bond motifs is 2. The molecule has 0 saturated heterocycles. The second kappa shape index (κ2) is 5.15. The van der Waals surface area contributed by atoms with Crippen LogP contribution in [0.3, 0.4) is 0 Å². The Bertz CT molecular complexity index is 1230. The van der Waals surface area contributed by atoms with Crippen molar-refractivity contribution in [1.82, 2.24) is 39.6 Å². The smallest absolute Gasteiger partial charge is 0.213 e. The zero-order valence-corrected chi connectivity index (χ0v) is 14.3. The van der Waals surface area contributed by atoms with E-state index in [1.54, 1.807) is 17.1 Å². The highest BCUT2D eigenvalue weighted by Gasteiger charge is 2.20. The highest BCUT2D eigenvalue weighted by Crippen LogP contribution is 2.32. The van der Waals surface area contributed by atoms with Gasteiger partial charge in [0.05, 0.1) is 11.4 Å². The predicted molar refractivity (Wildman–Crippen MR) is 94.1 cm³/mol. The van der Waals surface area contributed by atoms with Gasteiger partial charge >= 0.3 is 0 Å². The van der Waals surface area contributed by atoms with Gasteiger partial charge < -0.3 is 0 Å². The highest BCUT2D eigenvalue weighted by atomic mass is 32.1. The summed E-state index contributed by atoms with van der Waals surface area (Å²) in [7, 11) is 1.78. The third-order valence-corrected chi connectivity index (χ3v) is 4.54. The number of rotatable bonds is 2. The van der Waals surface area contributed by atoms with Crippen molar-refractivity contribution in [2.75, 3.05) is 0 Å². The first-order valence-electron chi connectivity index (χ1n) is 7.64. The molecule has 25 heavy (non-hydrogen) atoms. The normalized spacial score (nSPS) is 11.6. The molecule has 5 heterocycles. The van der Waals surface area contributed by atoms with Gasteiger partial charge in [0.1, 0.15) is 22.4 Å². The minimum atomic E-state index is 0.591. The minimum Gasteiger partial charge on any atom is -0.251 e. The van der Waals surface area contributed by atoms with Crippen molar-refractivity contribution in [1.29, 1.82) is 0 Å². The van der Waals surface area contributed by atoms with Crippen molar-refractivity contribution < 1.29 is 0 Å². The van der Waals surface area contributed by atoms with Gasteiger partial charge in [-0.05, 0) is 31.2 Å². The first-order chi connectivity index (χ1) is 12.2. The van der Waals surface area contributed by atoms with E-state index in [0.717, 1.165) is 38.9 Å². The quantitative estimate of drug-likeness (QED) is 0.487. The van der Waals surface area contributed by atoms with E-state index in [0.29, 0.717) is 5.65 Å². The minimum absolute atomic E-state index is 0.591. The van der Waals surface area contributed by atoms with Gasteiger partial charge in [0, 0.05) is 12.7 Å². The Balaban J connectivity index is 1.81. The molecule has 0 amide bonds. The van der Waals surface area contributed by atoms with Gasteiger partial charge in [-0.15, -0.1) is 5.10 Å². The third kappa shape index (κ3) is 2.20. The molecule has 5 rings (SSSR count). The number of imidazole rings is 1. The Kier molecular flexibility index (Phi) is 2.92. The number of aromatic nitrogens is 8. The lowest BCUT2D eigenvalue weighted by Crippen LogP contribution is -1.95. The number of pyridine rings is 2. The van der Waals surface area contributed by atoms with Crippen molar-refractivity contribution in [2.45, 2.75) is 6.92 Å². The molecule has 0 unspecified atom stereocenters. The van der Waals surface area contributed by atoms with Crippen LogP contribution in [-0.4, -0.2) is 39.6 Å². The zero-order chi connectivity index (χ0) is 17.0. The van der Waals surface area contributed by atoms with Gasteiger partial charge in [0.25, 0.3) is 0 Å². The van der Waals surface area contributed by atoms with Gasteiger partial charge in [0.15, 0.2) is 0 Å². The van der Waals surface area contributed by atoms with Crippen molar-refractivity contribution in [2.24, 2.45) is 7.05 Å². The Morgan fingerprint density at radius 3 is 2.76 bits per heavy atom. The summed E-state index contributed by atoms with van der Waals surface area (Å²) in [5.74, 6) is 0. The maximum Gasteiger partial charge on any atom is 0.213 e. The largest absolute Gasteiger partial charge is 0.251 e. The standard InChI is InChI=1S/C16H12N8S/c1-9-4-3-5-10(18-9)13-14(24-16(20-13)25-8-17-24)11-6-7-12-15(19-11)22-23(2)21-12/h3-8H,1-2H3. The molecular formula is C16H12N8S. The summed E-state index contributed by atoms with van der Waals surface area (Å²) >= 11 is 1.48. The second-order valence-electron chi connectivity index (χ2n) is 5.64. The lowest BCUT2D eigenvalue weighted by Gasteiger charge is -2.03. The van der Waals surface area contributed by atoms with Crippen LogP contribution in [0.2, 0.25) is 0 Å². The van der Waals surface area contributed by atoms with Crippen molar-refractivity contribution >= 4 is 27.5 Å². The molecule has 0 radical (unpaired) electrons. The Hall–Kier alpha value is -3.20. The third-order valence-electron chi connectivity index (χ3n) is 3.87. The summed E-state index contributed by atoms with van der Waals surface area (Å²) in [4.78, 5) is 16.3. The van der Waals surface area contributed by atoms with Gasteiger partial charge in [-0.2, -0.15) is 15.0 Å². The molecule has 5 aromatic rings. The summed E-state index contributed by atoms with van der Waals surface area (Å²) in [6.07, 6.45) is 0. The Morgan fingerprint density at radius 2 is 1.88 bits per heavy atom. The predicted octanol–water partition coefficient (Wildman–Crippen LogP) is 2.50. The SMILES string of the molecule is Cc1cccc(-c2nc3scnn3c2-c2ccc3nn(C)nc3n2)n1. The van der Waals surface area contributed by atoms with Gasteiger partial charge in [-0.25, -0.2) is 14.5 Å². The van der Waals surface area contributed by atoms with Crippen molar-refractivity contribution in [3.05, 3.63) is 41.5 Å². The maximum absolute atomic E-state index is 4.72. The molecule has 0 saturated carbocycles. The average Bonchev–Trinajstić information content (AvgIpc) is 3.26. The van der Waals surface area contributed by atoms with Gasteiger partial charge in [0.2, 0.25) is 10.6 Å². The van der Waals surface area contributed by atoms with Crippen molar-refractivity contribution in [3.8, 4) is 22.8 Å². The molecular weight excluding hydrogens is 336 g/mol. The van der Waals surface area contributed by atoms with Gasteiger partial charge in [-0.1, -0.05) is 17.4 Å². The summed E-state index contributed by atoms with van der Waals surface area (Å²) in [5.41, 5.74) is 7.15. The van der Waals surface area contributed by atoms with E-state index < -0.39 is 0 Å². The summed E-state index contributed by atoms with van der Waals surface area (Å²) < 4.78 is 1.80. The number of hydrogen-bond acceptors (Lipinski definition) is 7. The number of aryl methyl sites for hydroxylation is 2. The first kappa shape index (κ1) is 14.2. The van der Waals surface area contributed by atoms with E-state index in [2.05, 4.69) is 25.3 Å². The van der Waals surface area contributed by atoms with E-state index in [9.17, 15) is 0 Å². The van der Waals surface area contributed by atoms with Crippen LogP contribution in [0.5, 0.6) is 0 Å². The van der Waals surface area contributed by atoms with Crippen LogP contribution >= 0.6 is 11.3 Å². The Morgan fingerprint density at radius 1 is 0.960 bits per heavy atom. The molecule has 0 spiro atoms. The van der Waals surface area contributed by atoms with Crippen LogP contribution in [-0.2, 0) is 7.05 Å². The van der Waals surface area contributed by atoms with Gasteiger partial charge in [-0.3, -0.25) is 4.98 Å². The van der Waals surface area contributed by atoms with E-state index >= 15 is 0 Å². The molecule has 0 aliphatic rings. The molecule has 0 N–H and O–H groups in total.